The van der Waals surface area contributed by atoms with Crippen molar-refractivity contribution in [3.63, 3.8) is 0 Å². The molecule has 7 nitrogen and oxygen atoms in total. The molecule has 0 bridgehead atoms. The van der Waals surface area contributed by atoms with Gasteiger partial charge in [0.25, 0.3) is 0 Å². The molecule has 1 N–H and O–H groups in total. The first-order valence-electron chi connectivity index (χ1n) is 7.01. The van der Waals surface area contributed by atoms with Gasteiger partial charge in [-0.2, -0.15) is 19.7 Å². The first-order chi connectivity index (χ1) is 10.8. The highest BCUT2D eigenvalue weighted by atomic mass is 35.5. The molecule has 0 aliphatic rings. The normalized spacial score (nSPS) is 11.4. The van der Waals surface area contributed by atoms with Crippen LogP contribution in [-0.2, 0) is 18.4 Å². The lowest BCUT2D eigenvalue weighted by Gasteiger charge is -2.03. The van der Waals surface area contributed by atoms with Gasteiger partial charge in [-0.1, -0.05) is 11.6 Å². The number of aromatic nitrogens is 4. The van der Waals surface area contributed by atoms with Crippen LogP contribution in [0.3, 0.4) is 0 Å². The molecule has 0 fully saturated rings. The first-order valence-corrected chi connectivity index (χ1v) is 7.39. The third-order valence-electron chi connectivity index (χ3n) is 3.42. The Morgan fingerprint density at radius 3 is 2.57 bits per heavy atom. The monoisotopic (exact) mass is 340 g/mol. The van der Waals surface area contributed by atoms with Gasteiger partial charge < -0.3 is 0 Å². The number of carbonyl (C=O) groups excluding carboxylic acids is 1. The van der Waals surface area contributed by atoms with E-state index < -0.39 is 5.95 Å². The summed E-state index contributed by atoms with van der Waals surface area (Å²) in [5.41, 5.74) is 4.65. The minimum Gasteiger partial charge on any atom is -0.273 e. The van der Waals surface area contributed by atoms with Crippen molar-refractivity contribution in [3.8, 4) is 0 Å². The molecule has 23 heavy (non-hydrogen) atoms. The molecule has 0 unspecified atom stereocenters. The maximum atomic E-state index is 13.7. The summed E-state index contributed by atoms with van der Waals surface area (Å²) in [5.74, 6) is -0.801. The van der Waals surface area contributed by atoms with Gasteiger partial charge in [-0.3, -0.25) is 9.48 Å². The van der Waals surface area contributed by atoms with Crippen molar-refractivity contribution >= 4 is 23.7 Å². The van der Waals surface area contributed by atoms with Crippen molar-refractivity contribution in [2.24, 2.45) is 12.1 Å². The summed E-state index contributed by atoms with van der Waals surface area (Å²) in [6.45, 7) is 5.70. The average molecular weight is 341 g/mol. The number of hydrazone groups is 1. The van der Waals surface area contributed by atoms with Gasteiger partial charge in [0.1, 0.15) is 0 Å². The largest absolute Gasteiger partial charge is 0.273 e. The number of hydrogen-bond donors (Lipinski definition) is 1. The first kappa shape index (κ1) is 17.1. The topological polar surface area (TPSA) is 77.1 Å². The van der Waals surface area contributed by atoms with Gasteiger partial charge in [-0.05, 0) is 20.8 Å². The van der Waals surface area contributed by atoms with Gasteiger partial charge in [0.15, 0.2) is 0 Å². The van der Waals surface area contributed by atoms with E-state index in [0.717, 1.165) is 16.1 Å². The van der Waals surface area contributed by atoms with E-state index in [1.54, 1.807) is 18.5 Å². The molecule has 1 amide bonds. The van der Waals surface area contributed by atoms with Gasteiger partial charge in [-0.15, -0.1) is 0 Å². The van der Waals surface area contributed by atoms with Crippen molar-refractivity contribution in [1.82, 2.24) is 25.0 Å². The van der Waals surface area contributed by atoms with E-state index in [2.05, 4.69) is 20.7 Å². The van der Waals surface area contributed by atoms with Crippen LogP contribution >= 0.6 is 11.6 Å². The molecule has 0 aliphatic carbocycles. The van der Waals surface area contributed by atoms with Gasteiger partial charge in [-0.25, -0.2) is 10.1 Å². The number of amides is 1. The van der Waals surface area contributed by atoms with E-state index in [1.807, 2.05) is 6.92 Å². The maximum absolute atomic E-state index is 13.7. The maximum Gasteiger partial charge on any atom is 0.241 e. The summed E-state index contributed by atoms with van der Waals surface area (Å²) >= 11 is 6.05. The summed E-state index contributed by atoms with van der Waals surface area (Å²) < 4.78 is 16.5. The Kier molecular flexibility index (Phi) is 5.15. The summed E-state index contributed by atoms with van der Waals surface area (Å²) in [7, 11) is 1.50. The fourth-order valence-corrected chi connectivity index (χ4v) is 2.25. The van der Waals surface area contributed by atoms with Crippen LogP contribution in [0.2, 0.25) is 5.02 Å². The molecule has 9 heteroatoms. The van der Waals surface area contributed by atoms with E-state index in [1.165, 1.54) is 13.3 Å². The Labute approximate surface area is 138 Å². The Balaban J connectivity index is 1.90. The fraction of sp³-hybridized carbons (Fsp3) is 0.429. The zero-order chi connectivity index (χ0) is 17.1. The quantitative estimate of drug-likeness (QED) is 0.667. The van der Waals surface area contributed by atoms with E-state index in [0.29, 0.717) is 17.3 Å². The second kappa shape index (κ2) is 6.91. The lowest BCUT2D eigenvalue weighted by molar-refractivity contribution is -0.121. The van der Waals surface area contributed by atoms with Gasteiger partial charge in [0.05, 0.1) is 40.4 Å². The summed E-state index contributed by atoms with van der Waals surface area (Å²) in [6.07, 6.45) is 1.43. The van der Waals surface area contributed by atoms with E-state index >= 15 is 0 Å². The Morgan fingerprint density at radius 1 is 1.35 bits per heavy atom. The SMILES string of the molecule is Cc1nn(CCC(=O)N/N=C\c2c(C)nn(C)c2F)c(C)c1Cl. The summed E-state index contributed by atoms with van der Waals surface area (Å²) in [6, 6.07) is 0. The molecule has 2 aromatic rings. The Morgan fingerprint density at radius 2 is 2.04 bits per heavy atom. The predicted molar refractivity (Wildman–Crippen MR) is 85.0 cm³/mol. The van der Waals surface area contributed by atoms with Crippen LogP contribution in [-0.4, -0.2) is 31.7 Å². The number of halogens is 2. The number of nitrogens with one attached hydrogen (secondary N) is 1. The highest BCUT2D eigenvalue weighted by Gasteiger charge is 2.12. The van der Waals surface area contributed by atoms with Crippen LogP contribution in [0.1, 0.15) is 29.1 Å². The second-order valence-corrected chi connectivity index (χ2v) is 5.54. The lowest BCUT2D eigenvalue weighted by Crippen LogP contribution is -2.20. The van der Waals surface area contributed by atoms with Gasteiger partial charge in [0, 0.05) is 13.5 Å². The van der Waals surface area contributed by atoms with Crippen molar-refractivity contribution < 1.29 is 9.18 Å². The zero-order valence-corrected chi connectivity index (χ0v) is 14.1. The number of aryl methyl sites for hydroxylation is 4. The van der Waals surface area contributed by atoms with Crippen molar-refractivity contribution in [2.45, 2.75) is 33.7 Å². The Bertz CT molecular complexity index is 764. The highest BCUT2D eigenvalue weighted by molar-refractivity contribution is 6.31. The van der Waals surface area contributed by atoms with Crippen LogP contribution in [0.5, 0.6) is 0 Å². The molecule has 0 atom stereocenters. The molecule has 0 radical (unpaired) electrons. The average Bonchev–Trinajstić information content (AvgIpc) is 2.89. The standard InChI is InChI=1S/C14H18ClFN6O/c1-8-11(14(16)21(4)19-8)7-17-18-12(23)5-6-22-10(3)13(15)9(2)20-22/h7H,5-6H2,1-4H3,(H,18,23)/b17-7-. The van der Waals surface area contributed by atoms with Crippen LogP contribution < -0.4 is 5.43 Å². The van der Waals surface area contributed by atoms with E-state index in [4.69, 9.17) is 11.6 Å². The molecule has 0 spiro atoms. The molecular formula is C14H18ClFN6O. The smallest absolute Gasteiger partial charge is 0.241 e. The Hall–Kier alpha value is -2.22. The van der Waals surface area contributed by atoms with Crippen LogP contribution in [0.25, 0.3) is 0 Å². The fourth-order valence-electron chi connectivity index (χ4n) is 2.12. The third-order valence-corrected chi connectivity index (χ3v) is 3.97. The second-order valence-electron chi connectivity index (χ2n) is 5.16. The number of nitrogens with zero attached hydrogens (tertiary/aromatic N) is 5. The zero-order valence-electron chi connectivity index (χ0n) is 13.4. The van der Waals surface area contributed by atoms with Crippen LogP contribution in [0.15, 0.2) is 5.10 Å². The molecule has 2 heterocycles. The molecule has 2 aromatic heterocycles. The molecule has 0 aliphatic heterocycles. The van der Waals surface area contributed by atoms with Gasteiger partial charge in [0.2, 0.25) is 11.9 Å². The minimum absolute atomic E-state index is 0.185. The van der Waals surface area contributed by atoms with Crippen molar-refractivity contribution in [1.29, 1.82) is 0 Å². The van der Waals surface area contributed by atoms with Crippen LogP contribution in [0, 0.1) is 26.7 Å². The summed E-state index contributed by atoms with van der Waals surface area (Å²) in [4.78, 5) is 11.8. The third kappa shape index (κ3) is 3.76. The van der Waals surface area contributed by atoms with Crippen LogP contribution in [0.4, 0.5) is 4.39 Å². The highest BCUT2D eigenvalue weighted by Crippen LogP contribution is 2.18. The molecule has 0 aromatic carbocycles. The predicted octanol–water partition coefficient (Wildman–Crippen LogP) is 1.87. The minimum atomic E-state index is -0.502. The molecule has 0 saturated heterocycles. The van der Waals surface area contributed by atoms with E-state index in [-0.39, 0.29) is 17.9 Å². The molecule has 2 rings (SSSR count). The van der Waals surface area contributed by atoms with Gasteiger partial charge >= 0.3 is 0 Å². The summed E-state index contributed by atoms with van der Waals surface area (Å²) in [5, 5.41) is 12.5. The lowest BCUT2D eigenvalue weighted by atomic mass is 10.3. The van der Waals surface area contributed by atoms with E-state index in [9.17, 15) is 9.18 Å². The molecular weight excluding hydrogens is 323 g/mol. The van der Waals surface area contributed by atoms with Crippen molar-refractivity contribution in [2.75, 3.05) is 0 Å². The number of rotatable bonds is 5. The molecule has 124 valence electrons. The molecule has 0 saturated carbocycles. The number of carbonyl (C=O) groups is 1. The number of hydrogen-bond acceptors (Lipinski definition) is 4. The van der Waals surface area contributed by atoms with Crippen molar-refractivity contribution in [3.05, 3.63) is 33.6 Å².